The van der Waals surface area contributed by atoms with E-state index in [9.17, 15) is 8.42 Å². The van der Waals surface area contributed by atoms with E-state index in [1.807, 2.05) is 6.07 Å². The third kappa shape index (κ3) is 7.95. The van der Waals surface area contributed by atoms with Gasteiger partial charge in [-0.15, -0.1) is 0 Å². The minimum absolute atomic E-state index is 0.137. The molecule has 23 heavy (non-hydrogen) atoms. The van der Waals surface area contributed by atoms with Crippen LogP contribution in [0.3, 0.4) is 0 Å². The van der Waals surface area contributed by atoms with Gasteiger partial charge in [-0.1, -0.05) is 32.0 Å². The van der Waals surface area contributed by atoms with Crippen LogP contribution < -0.4 is 10.0 Å². The first kappa shape index (κ1) is 20.1. The van der Waals surface area contributed by atoms with E-state index in [1.165, 1.54) is 43.5 Å². The van der Waals surface area contributed by atoms with Crippen LogP contribution in [0.4, 0.5) is 0 Å². The van der Waals surface area contributed by atoms with E-state index >= 15 is 0 Å². The zero-order chi connectivity index (χ0) is 17.1. The summed E-state index contributed by atoms with van der Waals surface area (Å²) >= 11 is 0. The van der Waals surface area contributed by atoms with Gasteiger partial charge in [-0.05, 0) is 68.8 Å². The summed E-state index contributed by atoms with van der Waals surface area (Å²) in [4.78, 5) is 0. The quantitative estimate of drug-likeness (QED) is 0.715. The highest BCUT2D eigenvalue weighted by Gasteiger charge is 2.11. The lowest BCUT2D eigenvalue weighted by Gasteiger charge is -2.06. The lowest BCUT2D eigenvalue weighted by Crippen LogP contribution is -2.24. The van der Waals surface area contributed by atoms with Gasteiger partial charge in [-0.2, -0.15) is 0 Å². The fourth-order valence-corrected chi connectivity index (χ4v) is 3.10. The van der Waals surface area contributed by atoms with Crippen molar-refractivity contribution in [1.29, 1.82) is 0 Å². The summed E-state index contributed by atoms with van der Waals surface area (Å²) in [5, 5.41) is 3.28. The number of hydrogen-bond acceptors (Lipinski definition) is 3. The maximum atomic E-state index is 11.3. The number of nitrogens with one attached hydrogen (secondary N) is 2. The largest absolute Gasteiger partial charge is 0.317 e. The molecule has 4 nitrogen and oxygen atoms in total. The number of aryl methyl sites for hydroxylation is 2. The molecule has 0 atom stereocenters. The van der Waals surface area contributed by atoms with Crippen LogP contribution in [0.1, 0.15) is 56.7 Å². The van der Waals surface area contributed by atoms with Gasteiger partial charge in [0.1, 0.15) is 0 Å². The second kappa shape index (κ2) is 10.8. The summed E-state index contributed by atoms with van der Waals surface area (Å²) in [5.41, 5.74) is 3.85. The summed E-state index contributed by atoms with van der Waals surface area (Å²) in [5.74, 6) is 0.137. The lowest BCUT2D eigenvalue weighted by atomic mass is 10.1. The minimum atomic E-state index is -3.08. The second-order valence-corrected chi connectivity index (χ2v) is 8.03. The lowest BCUT2D eigenvalue weighted by molar-refractivity contribution is 0.582. The van der Waals surface area contributed by atoms with Crippen molar-refractivity contribution in [1.82, 2.24) is 10.0 Å². The van der Waals surface area contributed by atoms with E-state index in [4.69, 9.17) is 0 Å². The molecule has 0 aliphatic heterocycles. The fourth-order valence-electron chi connectivity index (χ4n) is 2.51. The first-order valence-corrected chi connectivity index (χ1v) is 10.5. The zero-order valence-electron chi connectivity index (χ0n) is 14.8. The Hall–Kier alpha value is -0.910. The van der Waals surface area contributed by atoms with Gasteiger partial charge in [0.25, 0.3) is 0 Å². The molecule has 0 heterocycles. The van der Waals surface area contributed by atoms with Crippen molar-refractivity contribution in [3.8, 4) is 0 Å². The Morgan fingerprint density at radius 2 is 1.65 bits per heavy atom. The molecular weight excluding hydrogens is 308 g/mol. The summed E-state index contributed by atoms with van der Waals surface area (Å²) in [7, 11) is -3.08. The van der Waals surface area contributed by atoms with Crippen molar-refractivity contribution in [2.75, 3.05) is 18.8 Å². The fraction of sp³-hybridized carbons (Fsp3) is 0.667. The molecule has 132 valence electrons. The maximum absolute atomic E-state index is 11.3. The number of sulfonamides is 1. The second-order valence-electron chi connectivity index (χ2n) is 5.93. The van der Waals surface area contributed by atoms with Crippen molar-refractivity contribution >= 4 is 10.0 Å². The van der Waals surface area contributed by atoms with Gasteiger partial charge in [0.05, 0.1) is 5.75 Å². The highest BCUT2D eigenvalue weighted by molar-refractivity contribution is 7.89. The molecule has 0 saturated carbocycles. The van der Waals surface area contributed by atoms with Crippen molar-refractivity contribution in [3.63, 3.8) is 0 Å². The van der Waals surface area contributed by atoms with Gasteiger partial charge in [-0.25, -0.2) is 13.1 Å². The molecule has 0 radical (unpaired) electrons. The highest BCUT2D eigenvalue weighted by Crippen LogP contribution is 2.22. The van der Waals surface area contributed by atoms with Crippen LogP contribution in [0.2, 0.25) is 0 Å². The van der Waals surface area contributed by atoms with Crippen LogP contribution in [-0.2, 0) is 29.4 Å². The molecule has 0 spiro atoms. The molecule has 0 fully saturated rings. The summed E-state index contributed by atoms with van der Waals surface area (Å²) in [6.45, 7) is 8.77. The Morgan fingerprint density at radius 3 is 2.26 bits per heavy atom. The zero-order valence-corrected chi connectivity index (χ0v) is 15.6. The van der Waals surface area contributed by atoms with Crippen molar-refractivity contribution < 1.29 is 8.42 Å². The van der Waals surface area contributed by atoms with E-state index in [0.717, 1.165) is 18.4 Å². The predicted octanol–water partition coefficient (Wildman–Crippen LogP) is 3.01. The van der Waals surface area contributed by atoms with Gasteiger partial charge in [0.2, 0.25) is 10.0 Å². The van der Waals surface area contributed by atoms with Gasteiger partial charge in [0, 0.05) is 6.54 Å². The topological polar surface area (TPSA) is 58.2 Å². The van der Waals surface area contributed by atoms with E-state index < -0.39 is 10.0 Å². The summed E-state index contributed by atoms with van der Waals surface area (Å²) in [6, 6.07) is 6.26. The third-order valence-corrected chi connectivity index (χ3v) is 5.24. The van der Waals surface area contributed by atoms with Crippen LogP contribution in [0.25, 0.3) is 0 Å². The van der Waals surface area contributed by atoms with E-state index in [2.05, 4.69) is 36.0 Å². The molecule has 1 aliphatic rings. The summed E-state index contributed by atoms with van der Waals surface area (Å²) in [6.07, 6.45) is 6.01. The molecule has 0 amide bonds. The van der Waals surface area contributed by atoms with E-state index in [1.54, 1.807) is 6.92 Å². The van der Waals surface area contributed by atoms with Crippen LogP contribution in [0.15, 0.2) is 18.2 Å². The Labute approximate surface area is 142 Å². The van der Waals surface area contributed by atoms with E-state index in [-0.39, 0.29) is 5.75 Å². The normalized spacial score (nSPS) is 13.3. The molecule has 5 heteroatoms. The van der Waals surface area contributed by atoms with Crippen molar-refractivity contribution in [2.45, 2.75) is 59.4 Å². The van der Waals surface area contributed by atoms with Crippen molar-refractivity contribution in [2.24, 2.45) is 0 Å². The molecule has 2 N–H and O–H groups in total. The number of benzene rings is 1. The average Bonchev–Trinajstić information content (AvgIpc) is 3.02. The van der Waals surface area contributed by atoms with Gasteiger partial charge in [0.15, 0.2) is 0 Å². The maximum Gasteiger partial charge on any atom is 0.211 e. The van der Waals surface area contributed by atoms with Crippen LogP contribution in [0.5, 0.6) is 0 Å². The Bertz CT molecular complexity index is 552. The Kier molecular flexibility index (Phi) is 9.44. The van der Waals surface area contributed by atoms with Gasteiger partial charge < -0.3 is 5.32 Å². The standard InChI is InChI=1S/C12H17NO2S.C6H15N/c1-2-16(14,15)13-9-10-6-7-11-4-3-5-12(11)8-10;1-3-5-7-6-4-2/h6-8,13H,2-5,9H2,1H3;7H,3-6H2,1-2H3. The minimum Gasteiger partial charge on any atom is -0.317 e. The van der Waals surface area contributed by atoms with E-state index in [0.29, 0.717) is 6.54 Å². The first-order valence-electron chi connectivity index (χ1n) is 8.81. The number of rotatable bonds is 8. The first-order chi connectivity index (χ1) is 11.0. The predicted molar refractivity (Wildman–Crippen MR) is 98.2 cm³/mol. The molecule has 1 aromatic rings. The molecule has 1 aromatic carbocycles. The Balaban J connectivity index is 0.000000322. The van der Waals surface area contributed by atoms with Crippen LogP contribution >= 0.6 is 0 Å². The molecule has 0 saturated heterocycles. The highest BCUT2D eigenvalue weighted by atomic mass is 32.2. The SMILES string of the molecule is CCCNCCC.CCS(=O)(=O)NCc1ccc2c(c1)CCC2. The molecule has 0 unspecified atom stereocenters. The van der Waals surface area contributed by atoms with Gasteiger partial charge >= 0.3 is 0 Å². The third-order valence-electron chi connectivity index (χ3n) is 3.89. The molecule has 0 bridgehead atoms. The molecule has 2 rings (SSSR count). The molecule has 1 aliphatic carbocycles. The number of hydrogen-bond donors (Lipinski definition) is 2. The van der Waals surface area contributed by atoms with Crippen LogP contribution in [0, 0.1) is 0 Å². The smallest absolute Gasteiger partial charge is 0.211 e. The molecule has 0 aromatic heterocycles. The molecular formula is C18H32N2O2S. The summed E-state index contributed by atoms with van der Waals surface area (Å²) < 4.78 is 25.2. The average molecular weight is 341 g/mol. The van der Waals surface area contributed by atoms with Crippen LogP contribution in [-0.4, -0.2) is 27.3 Å². The van der Waals surface area contributed by atoms with Gasteiger partial charge in [-0.3, -0.25) is 0 Å². The Morgan fingerprint density at radius 1 is 1.00 bits per heavy atom. The monoisotopic (exact) mass is 340 g/mol. The van der Waals surface area contributed by atoms with Crippen molar-refractivity contribution in [3.05, 3.63) is 34.9 Å². The number of fused-ring (bicyclic) bond motifs is 1.